The Morgan fingerprint density at radius 3 is 2.38 bits per heavy atom. The van der Waals surface area contributed by atoms with Crippen LogP contribution in [0.3, 0.4) is 0 Å². The number of hydrogen-bond donors (Lipinski definition) is 1. The Kier molecular flexibility index (Phi) is 11.9. The van der Waals surface area contributed by atoms with E-state index in [2.05, 4.69) is 31.2 Å². The second-order valence-corrected chi connectivity index (χ2v) is 7.58. The summed E-state index contributed by atoms with van der Waals surface area (Å²) in [4.78, 5) is 6.17. The lowest BCUT2D eigenvalue weighted by Gasteiger charge is -2.34. The third-order valence-corrected chi connectivity index (χ3v) is 5.84. The molecule has 0 saturated carbocycles. The molecule has 0 radical (unpaired) electrons. The molecule has 0 amide bonds. The van der Waals surface area contributed by atoms with Gasteiger partial charge in [0.2, 0.25) is 0 Å². The molecular weight excluding hydrogens is 332 g/mol. The molecule has 0 aromatic carbocycles. The van der Waals surface area contributed by atoms with Gasteiger partial charge in [0.05, 0.1) is 31.5 Å². The Balaban J connectivity index is 2.56. The van der Waals surface area contributed by atoms with E-state index in [9.17, 15) is 0 Å². The number of likely N-dealkylation sites (N-methyl/N-ethyl adjacent to an activating group) is 1. The van der Waals surface area contributed by atoms with Gasteiger partial charge in [0, 0.05) is 46.3 Å². The lowest BCUT2D eigenvalue weighted by Crippen LogP contribution is -2.46. The van der Waals surface area contributed by atoms with Gasteiger partial charge in [-0.25, -0.2) is 0 Å². The van der Waals surface area contributed by atoms with Crippen molar-refractivity contribution in [3.8, 4) is 0 Å². The Labute approximate surface area is 160 Å². The molecule has 0 bridgehead atoms. The van der Waals surface area contributed by atoms with Crippen molar-refractivity contribution in [3.05, 3.63) is 0 Å². The molecule has 1 heterocycles. The van der Waals surface area contributed by atoms with Crippen LogP contribution in [-0.4, -0.2) is 77.5 Å². The van der Waals surface area contributed by atoms with Crippen molar-refractivity contribution < 1.29 is 19.0 Å². The van der Waals surface area contributed by atoms with Crippen LogP contribution in [-0.2, 0) is 19.0 Å². The number of ether oxygens (including phenoxy) is 3. The van der Waals surface area contributed by atoms with Gasteiger partial charge in [-0.05, 0) is 25.8 Å². The molecule has 1 fully saturated rings. The fourth-order valence-electron chi connectivity index (χ4n) is 4.20. The van der Waals surface area contributed by atoms with Crippen LogP contribution in [0.2, 0.25) is 0 Å². The molecule has 1 saturated heterocycles. The van der Waals surface area contributed by atoms with Gasteiger partial charge in [-0.1, -0.05) is 27.2 Å². The highest BCUT2D eigenvalue weighted by molar-refractivity contribution is 4.85. The van der Waals surface area contributed by atoms with Crippen LogP contribution in [0.25, 0.3) is 0 Å². The summed E-state index contributed by atoms with van der Waals surface area (Å²) in [6.07, 6.45) is 4.53. The SMILES string of the molecule is CCC(C)C(NC)C(CCON1CCCC1C(OC)C(C)COC)OC. The zero-order chi connectivity index (χ0) is 19.5. The van der Waals surface area contributed by atoms with Crippen LogP contribution in [0.5, 0.6) is 0 Å². The van der Waals surface area contributed by atoms with Crippen LogP contribution >= 0.6 is 0 Å². The van der Waals surface area contributed by atoms with E-state index in [1.54, 1.807) is 21.3 Å². The monoisotopic (exact) mass is 374 g/mol. The summed E-state index contributed by atoms with van der Waals surface area (Å²) < 4.78 is 16.9. The van der Waals surface area contributed by atoms with E-state index in [4.69, 9.17) is 19.0 Å². The zero-order valence-corrected chi connectivity index (χ0v) is 18.0. The molecular formula is C20H42N2O4. The minimum atomic E-state index is 0.126. The van der Waals surface area contributed by atoms with Crippen molar-refractivity contribution in [2.24, 2.45) is 11.8 Å². The molecule has 6 unspecified atom stereocenters. The predicted octanol–water partition coefficient (Wildman–Crippen LogP) is 2.72. The van der Waals surface area contributed by atoms with Gasteiger partial charge in [-0.3, -0.25) is 4.84 Å². The first-order valence-corrected chi connectivity index (χ1v) is 10.1. The van der Waals surface area contributed by atoms with Crippen molar-refractivity contribution >= 4 is 0 Å². The van der Waals surface area contributed by atoms with Crippen molar-refractivity contribution in [1.82, 2.24) is 10.4 Å². The molecule has 0 spiro atoms. The largest absolute Gasteiger partial charge is 0.384 e. The number of rotatable bonds is 14. The van der Waals surface area contributed by atoms with E-state index in [0.717, 1.165) is 32.2 Å². The lowest BCUT2D eigenvalue weighted by atomic mass is 9.93. The van der Waals surface area contributed by atoms with Crippen molar-refractivity contribution in [2.45, 2.75) is 70.7 Å². The summed E-state index contributed by atoms with van der Waals surface area (Å²) in [5.41, 5.74) is 0. The van der Waals surface area contributed by atoms with Gasteiger partial charge in [0.1, 0.15) is 0 Å². The smallest absolute Gasteiger partial charge is 0.0797 e. The number of hydroxylamine groups is 2. The molecule has 6 nitrogen and oxygen atoms in total. The Morgan fingerprint density at radius 2 is 1.85 bits per heavy atom. The van der Waals surface area contributed by atoms with Gasteiger partial charge >= 0.3 is 0 Å². The molecule has 26 heavy (non-hydrogen) atoms. The lowest BCUT2D eigenvalue weighted by molar-refractivity contribution is -0.201. The third kappa shape index (κ3) is 6.73. The van der Waals surface area contributed by atoms with Crippen molar-refractivity contribution in [2.75, 3.05) is 48.1 Å². The quantitative estimate of drug-likeness (QED) is 0.505. The highest BCUT2D eigenvalue weighted by atomic mass is 16.7. The highest BCUT2D eigenvalue weighted by Gasteiger charge is 2.36. The first-order chi connectivity index (χ1) is 12.5. The topological polar surface area (TPSA) is 52.2 Å². The summed E-state index contributed by atoms with van der Waals surface area (Å²) in [6, 6.07) is 0.636. The van der Waals surface area contributed by atoms with Crippen molar-refractivity contribution in [3.63, 3.8) is 0 Å². The zero-order valence-electron chi connectivity index (χ0n) is 18.0. The fourth-order valence-corrected chi connectivity index (χ4v) is 4.20. The Bertz CT molecular complexity index is 359. The number of methoxy groups -OCH3 is 3. The van der Waals surface area contributed by atoms with Gasteiger partial charge in [-0.2, -0.15) is 5.06 Å². The first-order valence-electron chi connectivity index (χ1n) is 10.1. The molecule has 1 aliphatic heterocycles. The van der Waals surface area contributed by atoms with Gasteiger partial charge in [0.15, 0.2) is 0 Å². The summed E-state index contributed by atoms with van der Waals surface area (Å²) in [7, 11) is 7.34. The summed E-state index contributed by atoms with van der Waals surface area (Å²) in [5.74, 6) is 0.905. The maximum atomic E-state index is 6.17. The molecule has 6 atom stereocenters. The van der Waals surface area contributed by atoms with E-state index >= 15 is 0 Å². The number of nitrogens with one attached hydrogen (secondary N) is 1. The third-order valence-electron chi connectivity index (χ3n) is 5.84. The van der Waals surface area contributed by atoms with Crippen LogP contribution in [0.15, 0.2) is 0 Å². The predicted molar refractivity (Wildman–Crippen MR) is 105 cm³/mol. The van der Waals surface area contributed by atoms with Crippen molar-refractivity contribution in [1.29, 1.82) is 0 Å². The minimum absolute atomic E-state index is 0.126. The fraction of sp³-hybridized carbons (Fsp3) is 1.00. The molecule has 1 aliphatic rings. The van der Waals surface area contributed by atoms with E-state index in [-0.39, 0.29) is 12.2 Å². The molecule has 156 valence electrons. The van der Waals surface area contributed by atoms with Crippen LogP contribution in [0.4, 0.5) is 0 Å². The average Bonchev–Trinajstić information content (AvgIpc) is 3.09. The molecule has 1 rings (SSSR count). The standard InChI is InChI=1S/C20H42N2O4/c1-8-15(2)19(21-4)18(24-6)11-13-26-22-12-9-10-17(22)20(25-7)16(3)14-23-5/h15-21H,8-14H2,1-7H3. The van der Waals surface area contributed by atoms with Gasteiger partial charge in [0.25, 0.3) is 0 Å². The summed E-state index contributed by atoms with van der Waals surface area (Å²) >= 11 is 0. The van der Waals surface area contributed by atoms with E-state index < -0.39 is 0 Å². The highest BCUT2D eigenvalue weighted by Crippen LogP contribution is 2.27. The maximum Gasteiger partial charge on any atom is 0.0797 e. The van der Waals surface area contributed by atoms with Crippen LogP contribution < -0.4 is 5.32 Å². The van der Waals surface area contributed by atoms with Crippen LogP contribution in [0.1, 0.15) is 46.5 Å². The maximum absolute atomic E-state index is 6.17. The molecule has 1 N–H and O–H groups in total. The van der Waals surface area contributed by atoms with Crippen LogP contribution in [0, 0.1) is 11.8 Å². The number of hydrogen-bond acceptors (Lipinski definition) is 6. The Morgan fingerprint density at radius 1 is 1.12 bits per heavy atom. The summed E-state index contributed by atoms with van der Waals surface area (Å²) in [5, 5.41) is 5.55. The molecule has 0 aromatic rings. The molecule has 0 aromatic heterocycles. The summed E-state index contributed by atoms with van der Waals surface area (Å²) in [6.45, 7) is 9.00. The van der Waals surface area contributed by atoms with Gasteiger partial charge in [-0.15, -0.1) is 0 Å². The van der Waals surface area contributed by atoms with Gasteiger partial charge < -0.3 is 19.5 Å². The average molecular weight is 375 g/mol. The first kappa shape index (κ1) is 23.8. The second kappa shape index (κ2) is 13.0. The van der Waals surface area contributed by atoms with E-state index in [0.29, 0.717) is 37.1 Å². The molecule has 0 aliphatic carbocycles. The van der Waals surface area contributed by atoms with E-state index in [1.165, 1.54) is 0 Å². The number of nitrogens with zero attached hydrogens (tertiary/aromatic N) is 1. The Hall–Kier alpha value is -0.240. The normalized spacial score (nSPS) is 24.3. The second-order valence-electron chi connectivity index (χ2n) is 7.58. The molecule has 6 heteroatoms. The minimum Gasteiger partial charge on any atom is -0.384 e. The van der Waals surface area contributed by atoms with E-state index in [1.807, 2.05) is 7.05 Å².